The second-order valence-corrected chi connectivity index (χ2v) is 8.79. The van der Waals surface area contributed by atoms with Crippen LogP contribution < -0.4 is 0 Å². The molecule has 0 aromatic rings. The van der Waals surface area contributed by atoms with Crippen molar-refractivity contribution in [3.63, 3.8) is 0 Å². The zero-order chi connectivity index (χ0) is 15.9. The number of aliphatic hydroxyl groups excluding tert-OH is 1. The summed E-state index contributed by atoms with van der Waals surface area (Å²) in [6.07, 6.45) is 12.3. The summed E-state index contributed by atoms with van der Waals surface area (Å²) < 4.78 is 0. The minimum Gasteiger partial charge on any atom is -0.393 e. The first kappa shape index (κ1) is 16.0. The van der Waals surface area contributed by atoms with Crippen LogP contribution in [0.25, 0.3) is 0 Å². The molecule has 22 heavy (non-hydrogen) atoms. The van der Waals surface area contributed by atoms with Gasteiger partial charge in [0.1, 0.15) is 7.85 Å². The molecule has 5 atom stereocenters. The molecule has 2 fully saturated rings. The Bertz CT molecular complexity index is 500. The van der Waals surface area contributed by atoms with Crippen LogP contribution in [0, 0.1) is 23.7 Å². The topological polar surface area (TPSA) is 37.3 Å². The molecule has 0 saturated heterocycles. The predicted octanol–water partition coefficient (Wildman–Crippen LogP) is 3.08. The lowest BCUT2D eigenvalue weighted by molar-refractivity contribution is -0.110. The lowest BCUT2D eigenvalue weighted by Gasteiger charge is -2.49. The number of aliphatic hydroxyl groups is 1. The van der Waals surface area contributed by atoms with Gasteiger partial charge in [-0.3, -0.25) is 4.79 Å². The van der Waals surface area contributed by atoms with Gasteiger partial charge < -0.3 is 5.11 Å². The van der Waals surface area contributed by atoms with E-state index in [2.05, 4.69) is 27.8 Å². The number of rotatable bonds is 3. The highest BCUT2D eigenvalue weighted by Crippen LogP contribution is 2.51. The van der Waals surface area contributed by atoms with Crippen molar-refractivity contribution in [1.29, 1.82) is 0 Å². The smallest absolute Gasteiger partial charge is 0.178 e. The van der Waals surface area contributed by atoms with Crippen molar-refractivity contribution in [2.75, 3.05) is 0 Å². The molecular formula is C19H29BO2. The van der Waals surface area contributed by atoms with Crippen LogP contribution in [-0.2, 0) is 4.79 Å². The highest BCUT2D eigenvalue weighted by atomic mass is 16.3. The first-order chi connectivity index (χ1) is 10.3. The van der Waals surface area contributed by atoms with Gasteiger partial charge in [-0.25, -0.2) is 0 Å². The molecule has 2 nitrogen and oxygen atoms in total. The van der Waals surface area contributed by atoms with E-state index in [1.54, 1.807) is 6.08 Å². The predicted molar refractivity (Wildman–Crippen MR) is 92.5 cm³/mol. The molecule has 3 heteroatoms. The summed E-state index contributed by atoms with van der Waals surface area (Å²) in [6, 6.07) is 0. The van der Waals surface area contributed by atoms with E-state index >= 15 is 0 Å². The minimum absolute atomic E-state index is 0.124. The number of hydrogen-bond donors (Lipinski definition) is 1. The molecule has 3 aliphatic rings. The van der Waals surface area contributed by atoms with Gasteiger partial charge in [-0.15, -0.1) is 0 Å². The van der Waals surface area contributed by atoms with Crippen LogP contribution >= 0.6 is 0 Å². The van der Waals surface area contributed by atoms with Crippen molar-refractivity contribution in [1.82, 2.24) is 0 Å². The Kier molecular flexibility index (Phi) is 4.37. The first-order valence-electron chi connectivity index (χ1n) is 8.96. The number of fused-ring (bicyclic) bond motifs is 3. The Morgan fingerprint density at radius 1 is 1.32 bits per heavy atom. The first-order valence-corrected chi connectivity index (χ1v) is 8.96. The second-order valence-electron chi connectivity index (χ2n) is 8.79. The average molecular weight is 300 g/mol. The molecule has 3 aliphatic carbocycles. The lowest BCUT2D eigenvalue weighted by atomic mass is 9.56. The molecule has 4 unspecified atom stereocenters. The lowest BCUT2D eigenvalue weighted by Crippen LogP contribution is -2.45. The summed E-state index contributed by atoms with van der Waals surface area (Å²) in [7, 11) is 2.32. The van der Waals surface area contributed by atoms with Gasteiger partial charge in [-0.2, -0.15) is 0 Å². The van der Waals surface area contributed by atoms with Crippen LogP contribution in [0.3, 0.4) is 0 Å². The maximum Gasteiger partial charge on any atom is 0.178 e. The van der Waals surface area contributed by atoms with Crippen LogP contribution in [-0.4, -0.2) is 24.8 Å². The van der Waals surface area contributed by atoms with E-state index in [0.717, 1.165) is 25.2 Å². The van der Waals surface area contributed by atoms with Crippen LogP contribution in [0.1, 0.15) is 52.4 Å². The summed E-state index contributed by atoms with van der Waals surface area (Å²) in [5.41, 5.74) is 1.27. The van der Waals surface area contributed by atoms with E-state index < -0.39 is 0 Å². The van der Waals surface area contributed by atoms with Crippen LogP contribution in [0.15, 0.2) is 23.8 Å². The Labute approximate surface area is 135 Å². The standard InChI is InChI=1S/C19H29BO2/c1-19(2,20)10-9-12-4-8-17(22)18-15(12)6-3-13-11-14(21)5-7-16(13)18/h5,7,11-12,15-18,22H,3-4,6,8-10,20H2,1-2H3/t12?,15?,16?,17-,18?/m0/s1. The van der Waals surface area contributed by atoms with Gasteiger partial charge in [0.15, 0.2) is 5.78 Å². The third-order valence-corrected chi connectivity index (χ3v) is 6.05. The fourth-order valence-electron chi connectivity index (χ4n) is 4.90. The number of allylic oxidation sites excluding steroid dienone is 4. The number of carbonyl (C=O) groups excluding carboxylic acids is 1. The summed E-state index contributed by atoms with van der Waals surface area (Å²) >= 11 is 0. The second kappa shape index (κ2) is 6.00. The largest absolute Gasteiger partial charge is 0.393 e. The van der Waals surface area contributed by atoms with Gasteiger partial charge >= 0.3 is 0 Å². The molecule has 2 saturated carbocycles. The van der Waals surface area contributed by atoms with Gasteiger partial charge in [0.25, 0.3) is 0 Å². The molecule has 0 aromatic heterocycles. The van der Waals surface area contributed by atoms with Crippen molar-refractivity contribution < 1.29 is 9.90 Å². The number of carbonyl (C=O) groups is 1. The zero-order valence-corrected chi connectivity index (χ0v) is 14.2. The van der Waals surface area contributed by atoms with E-state index in [1.807, 2.05) is 6.08 Å². The van der Waals surface area contributed by atoms with Crippen LogP contribution in [0.4, 0.5) is 0 Å². The van der Waals surface area contributed by atoms with Gasteiger partial charge in [0.05, 0.1) is 6.10 Å². The Morgan fingerprint density at radius 2 is 2.09 bits per heavy atom. The maximum absolute atomic E-state index is 11.6. The van der Waals surface area contributed by atoms with E-state index in [1.165, 1.54) is 24.8 Å². The third kappa shape index (κ3) is 3.25. The van der Waals surface area contributed by atoms with Gasteiger partial charge in [-0.1, -0.05) is 43.7 Å². The molecule has 3 rings (SSSR count). The summed E-state index contributed by atoms with van der Waals surface area (Å²) in [5, 5.41) is 11.0. The third-order valence-electron chi connectivity index (χ3n) is 6.05. The quantitative estimate of drug-likeness (QED) is 0.813. The van der Waals surface area contributed by atoms with Crippen molar-refractivity contribution in [3.05, 3.63) is 23.8 Å². The van der Waals surface area contributed by atoms with Crippen molar-refractivity contribution in [2.45, 2.75) is 63.8 Å². The molecule has 0 bridgehead atoms. The van der Waals surface area contributed by atoms with E-state index in [4.69, 9.17) is 0 Å². The van der Waals surface area contributed by atoms with Crippen LogP contribution in [0.5, 0.6) is 0 Å². The Morgan fingerprint density at radius 3 is 2.82 bits per heavy atom. The van der Waals surface area contributed by atoms with Gasteiger partial charge in [-0.05, 0) is 55.6 Å². The zero-order valence-electron chi connectivity index (χ0n) is 14.2. The number of hydrogen-bond acceptors (Lipinski definition) is 2. The van der Waals surface area contributed by atoms with Crippen molar-refractivity contribution in [2.24, 2.45) is 23.7 Å². The highest BCUT2D eigenvalue weighted by molar-refractivity contribution is 6.14. The van der Waals surface area contributed by atoms with E-state index in [0.29, 0.717) is 23.1 Å². The monoisotopic (exact) mass is 300 g/mol. The normalized spacial score (nSPS) is 38.2. The molecule has 120 valence electrons. The summed E-state index contributed by atoms with van der Waals surface area (Å²) in [5.74, 6) is 2.15. The highest BCUT2D eigenvalue weighted by Gasteiger charge is 2.45. The van der Waals surface area contributed by atoms with Crippen LogP contribution in [0.2, 0.25) is 5.31 Å². The van der Waals surface area contributed by atoms with E-state index in [9.17, 15) is 9.90 Å². The molecule has 0 aromatic carbocycles. The SMILES string of the molecule is BC(C)(C)CCC1CC[C@H](O)C2C3C=CC(=O)C=C3CCC12. The van der Waals surface area contributed by atoms with Gasteiger partial charge in [0, 0.05) is 5.92 Å². The molecule has 0 spiro atoms. The van der Waals surface area contributed by atoms with Crippen molar-refractivity contribution in [3.8, 4) is 0 Å². The fraction of sp³-hybridized carbons (Fsp3) is 0.737. The van der Waals surface area contributed by atoms with E-state index in [-0.39, 0.29) is 11.9 Å². The summed E-state index contributed by atoms with van der Waals surface area (Å²) in [4.78, 5) is 11.6. The summed E-state index contributed by atoms with van der Waals surface area (Å²) in [6.45, 7) is 4.64. The Balaban J connectivity index is 1.76. The van der Waals surface area contributed by atoms with Crippen molar-refractivity contribution >= 4 is 13.6 Å². The molecule has 0 amide bonds. The minimum atomic E-state index is -0.192. The fourth-order valence-corrected chi connectivity index (χ4v) is 4.90. The Hall–Kier alpha value is -0.825. The van der Waals surface area contributed by atoms with Gasteiger partial charge in [0.2, 0.25) is 0 Å². The molecule has 0 radical (unpaired) electrons. The molecule has 0 aliphatic heterocycles. The number of ketones is 1. The molecular weight excluding hydrogens is 271 g/mol. The molecule has 0 heterocycles. The average Bonchev–Trinajstić information content (AvgIpc) is 2.45. The maximum atomic E-state index is 11.6. The molecule has 1 N–H and O–H groups in total.